The number of hydrogen-bond acceptors (Lipinski definition) is 4. The molecule has 42 heavy (non-hydrogen) atoms. The lowest BCUT2D eigenvalue weighted by Crippen LogP contribution is -2.32. The van der Waals surface area contributed by atoms with Crippen LogP contribution in [0.2, 0.25) is 0 Å². The second-order valence-corrected chi connectivity index (χ2v) is 12.0. The molecule has 2 aromatic rings. The Hall–Kier alpha value is -2.70. The van der Waals surface area contributed by atoms with Gasteiger partial charge in [0.2, 0.25) is 0 Å². The van der Waals surface area contributed by atoms with Crippen molar-refractivity contribution >= 4 is 11.9 Å². The molecule has 2 atom stereocenters. The highest BCUT2D eigenvalue weighted by Crippen LogP contribution is 2.18. The zero-order valence-corrected chi connectivity index (χ0v) is 25.8. The molecule has 0 aliphatic heterocycles. The van der Waals surface area contributed by atoms with Crippen molar-refractivity contribution in [1.29, 1.82) is 0 Å². The van der Waals surface area contributed by atoms with E-state index >= 15 is 0 Å². The highest BCUT2D eigenvalue weighted by atomic mass is 16.4. The van der Waals surface area contributed by atoms with Crippen LogP contribution >= 0.6 is 0 Å². The highest BCUT2D eigenvalue weighted by molar-refractivity contribution is 5.74. The minimum absolute atomic E-state index is 0.401. The zero-order valence-electron chi connectivity index (χ0n) is 25.8. The van der Waals surface area contributed by atoms with Gasteiger partial charge in [-0.25, -0.2) is 0 Å². The van der Waals surface area contributed by atoms with Crippen molar-refractivity contribution in [1.82, 2.24) is 0 Å². The van der Waals surface area contributed by atoms with Crippen LogP contribution in [0, 0.1) is 0 Å². The molecule has 0 bridgehead atoms. The van der Waals surface area contributed by atoms with Crippen LogP contribution in [0.1, 0.15) is 125 Å². The van der Waals surface area contributed by atoms with Gasteiger partial charge in [-0.15, -0.1) is 0 Å². The van der Waals surface area contributed by atoms with E-state index < -0.39 is 24.0 Å². The molecule has 0 saturated heterocycles. The van der Waals surface area contributed by atoms with Gasteiger partial charge >= 0.3 is 11.9 Å². The first-order valence-corrected chi connectivity index (χ1v) is 16.5. The number of aliphatic carboxylic acids is 2. The Kier molecular flexibility index (Phi) is 18.5. The molecular weight excluding hydrogens is 524 g/mol. The van der Waals surface area contributed by atoms with E-state index in [1.807, 2.05) is 36.4 Å². The van der Waals surface area contributed by atoms with Crippen molar-refractivity contribution in [3.8, 4) is 0 Å². The molecule has 0 radical (unpaired) electrons. The third-order valence-corrected chi connectivity index (χ3v) is 8.39. The predicted molar refractivity (Wildman–Crippen MR) is 173 cm³/mol. The van der Waals surface area contributed by atoms with E-state index in [9.17, 15) is 9.59 Å². The molecule has 0 aliphatic rings. The molecule has 0 spiro atoms. The molecule has 0 aromatic heterocycles. The van der Waals surface area contributed by atoms with Crippen molar-refractivity contribution in [3.05, 3.63) is 70.8 Å². The van der Waals surface area contributed by atoms with E-state index in [2.05, 4.69) is 12.1 Å². The lowest BCUT2D eigenvalue weighted by Gasteiger charge is -2.12. The van der Waals surface area contributed by atoms with Crippen LogP contribution in [0.5, 0.6) is 0 Å². The van der Waals surface area contributed by atoms with Gasteiger partial charge < -0.3 is 21.7 Å². The van der Waals surface area contributed by atoms with Gasteiger partial charge in [-0.1, -0.05) is 138 Å². The molecular formula is C36H56N2O4. The van der Waals surface area contributed by atoms with Crippen molar-refractivity contribution in [3.63, 3.8) is 0 Å². The maximum Gasteiger partial charge on any atom is 0.320 e. The minimum atomic E-state index is -0.939. The zero-order chi connectivity index (χ0) is 30.4. The van der Waals surface area contributed by atoms with Gasteiger partial charge in [0.25, 0.3) is 0 Å². The third-order valence-electron chi connectivity index (χ3n) is 8.39. The van der Waals surface area contributed by atoms with Crippen LogP contribution in [0.4, 0.5) is 0 Å². The second-order valence-electron chi connectivity index (χ2n) is 12.0. The van der Waals surface area contributed by atoms with Gasteiger partial charge in [0.15, 0.2) is 0 Å². The summed E-state index contributed by atoms with van der Waals surface area (Å²) >= 11 is 0. The number of carbonyl (C=O) groups is 2. The van der Waals surface area contributed by atoms with Gasteiger partial charge in [-0.2, -0.15) is 0 Å². The highest BCUT2D eigenvalue weighted by Gasteiger charge is 2.15. The number of unbranched alkanes of at least 4 members (excludes halogenated alkanes) is 15. The Balaban J connectivity index is 1.37. The summed E-state index contributed by atoms with van der Waals surface area (Å²) in [6.45, 7) is 0. The Bertz CT molecular complexity index is 943. The van der Waals surface area contributed by atoms with E-state index in [1.165, 1.54) is 101 Å². The summed E-state index contributed by atoms with van der Waals surface area (Å²) in [6.07, 6.45) is 23.6. The quantitative estimate of drug-likeness (QED) is 0.0895. The van der Waals surface area contributed by atoms with Gasteiger partial charge in [0.05, 0.1) is 0 Å². The lowest BCUT2D eigenvalue weighted by atomic mass is 9.96. The number of carboxylic acids is 2. The molecule has 0 fully saturated rings. The summed E-state index contributed by atoms with van der Waals surface area (Å²) in [5.74, 6) is -1.88. The number of carboxylic acid groups (broad SMARTS) is 2. The molecule has 234 valence electrons. The fraction of sp³-hybridized carbons (Fsp3) is 0.611. The molecule has 0 heterocycles. The number of rotatable bonds is 25. The standard InChI is InChI=1S/C36H56N2O4/c37-33(35(39)40)27-31-25-19-17-23-29(31)21-15-13-11-9-7-5-3-1-2-4-6-8-10-12-14-16-22-30-24-18-20-26-32(30)28-34(38)36(41)42/h17-20,23-26,33-34H,1-16,21-22,27-28,37-38H2,(H,39,40)(H,41,42). The summed E-state index contributed by atoms with van der Waals surface area (Å²) in [4.78, 5) is 22.2. The maximum atomic E-state index is 11.1. The van der Waals surface area contributed by atoms with Crippen molar-refractivity contribution in [2.75, 3.05) is 0 Å². The molecule has 2 aromatic carbocycles. The molecule has 0 saturated carbocycles. The maximum absolute atomic E-state index is 11.1. The first kappa shape index (κ1) is 35.5. The number of aryl methyl sites for hydroxylation is 2. The Labute approximate surface area is 254 Å². The minimum Gasteiger partial charge on any atom is -0.480 e. The predicted octanol–water partition coefficient (Wildman–Crippen LogP) is 7.62. The van der Waals surface area contributed by atoms with E-state index in [4.69, 9.17) is 21.7 Å². The van der Waals surface area contributed by atoms with Crippen LogP contribution in [0.25, 0.3) is 0 Å². The van der Waals surface area contributed by atoms with Crippen LogP contribution < -0.4 is 11.5 Å². The monoisotopic (exact) mass is 580 g/mol. The molecule has 0 aliphatic carbocycles. The fourth-order valence-electron chi connectivity index (χ4n) is 5.76. The van der Waals surface area contributed by atoms with Crippen molar-refractivity contribution in [2.24, 2.45) is 11.5 Å². The summed E-state index contributed by atoms with van der Waals surface area (Å²) in [5.41, 5.74) is 16.1. The van der Waals surface area contributed by atoms with Crippen molar-refractivity contribution in [2.45, 2.75) is 141 Å². The lowest BCUT2D eigenvalue weighted by molar-refractivity contribution is -0.139. The Morgan fingerprint density at radius 2 is 0.690 bits per heavy atom. The van der Waals surface area contributed by atoms with Gasteiger partial charge in [0.1, 0.15) is 12.1 Å². The smallest absolute Gasteiger partial charge is 0.320 e. The SMILES string of the molecule is NC(Cc1ccccc1CCCCCCCCCCCCCCCCCCc1ccccc1CC(N)C(=O)O)C(=O)O. The van der Waals surface area contributed by atoms with E-state index in [0.717, 1.165) is 36.8 Å². The second kappa shape index (κ2) is 21.9. The van der Waals surface area contributed by atoms with Crippen LogP contribution in [-0.2, 0) is 35.3 Å². The first-order chi connectivity index (χ1) is 20.4. The molecule has 6 N–H and O–H groups in total. The Morgan fingerprint density at radius 3 is 0.952 bits per heavy atom. The summed E-state index contributed by atoms with van der Waals surface area (Å²) in [5, 5.41) is 18.2. The summed E-state index contributed by atoms with van der Waals surface area (Å²) < 4.78 is 0. The molecule has 6 heteroatoms. The van der Waals surface area contributed by atoms with Crippen LogP contribution in [0.3, 0.4) is 0 Å². The average molecular weight is 581 g/mol. The van der Waals surface area contributed by atoms with E-state index in [1.54, 1.807) is 0 Å². The topological polar surface area (TPSA) is 127 Å². The van der Waals surface area contributed by atoms with Crippen LogP contribution in [-0.4, -0.2) is 34.2 Å². The number of benzene rings is 2. The summed E-state index contributed by atoms with van der Waals surface area (Å²) in [6, 6.07) is 14.6. The van der Waals surface area contributed by atoms with Crippen molar-refractivity contribution < 1.29 is 19.8 Å². The molecule has 0 amide bonds. The van der Waals surface area contributed by atoms with E-state index in [0.29, 0.717) is 12.8 Å². The van der Waals surface area contributed by atoms with Crippen LogP contribution in [0.15, 0.2) is 48.5 Å². The largest absolute Gasteiger partial charge is 0.480 e. The Morgan fingerprint density at radius 1 is 0.452 bits per heavy atom. The molecule has 6 nitrogen and oxygen atoms in total. The average Bonchev–Trinajstić information content (AvgIpc) is 2.97. The first-order valence-electron chi connectivity index (χ1n) is 16.5. The van der Waals surface area contributed by atoms with E-state index in [-0.39, 0.29) is 0 Å². The molecule has 2 rings (SSSR count). The van der Waals surface area contributed by atoms with Gasteiger partial charge in [-0.05, 0) is 60.8 Å². The summed E-state index contributed by atoms with van der Waals surface area (Å²) in [7, 11) is 0. The molecule has 2 unspecified atom stereocenters. The fourth-order valence-corrected chi connectivity index (χ4v) is 5.76. The number of nitrogens with two attached hydrogens (primary N) is 2. The number of hydrogen-bond donors (Lipinski definition) is 4. The van der Waals surface area contributed by atoms with Gasteiger partial charge in [0, 0.05) is 0 Å². The normalized spacial score (nSPS) is 12.7. The third kappa shape index (κ3) is 15.5. The van der Waals surface area contributed by atoms with Gasteiger partial charge in [-0.3, -0.25) is 9.59 Å².